The fraction of sp³-hybridized carbons (Fsp3) is 0.143. The molecule has 3 rings (SSSR count). The number of aliphatic hydroxyl groups excluding tert-OH is 1. The molecule has 0 radical (unpaired) electrons. The minimum Gasteiger partial charge on any atom is -0.495 e. The van der Waals surface area contributed by atoms with E-state index in [0.29, 0.717) is 11.4 Å². The second kappa shape index (κ2) is 9.16. The van der Waals surface area contributed by atoms with Gasteiger partial charge in [0, 0.05) is 9.75 Å². The SMILES string of the molecule is COc1ccccc1NC(=O)C(=O)NCc1ccc(C(O)c2ccccc2)s1. The summed E-state index contributed by atoms with van der Waals surface area (Å²) >= 11 is 1.38. The van der Waals surface area contributed by atoms with Gasteiger partial charge in [0.2, 0.25) is 0 Å². The molecule has 0 saturated carbocycles. The first kappa shape index (κ1) is 19.6. The monoisotopic (exact) mass is 396 g/mol. The van der Waals surface area contributed by atoms with E-state index in [1.807, 2.05) is 42.5 Å². The average Bonchev–Trinajstić information content (AvgIpc) is 3.21. The number of amides is 2. The highest BCUT2D eigenvalue weighted by atomic mass is 32.1. The maximum absolute atomic E-state index is 12.1. The van der Waals surface area contributed by atoms with Gasteiger partial charge in [-0.25, -0.2) is 0 Å². The van der Waals surface area contributed by atoms with Crippen LogP contribution in [0, 0.1) is 0 Å². The molecule has 1 unspecified atom stereocenters. The van der Waals surface area contributed by atoms with Gasteiger partial charge in [0.05, 0.1) is 19.3 Å². The van der Waals surface area contributed by atoms with Crippen molar-refractivity contribution in [1.82, 2.24) is 5.32 Å². The summed E-state index contributed by atoms with van der Waals surface area (Å²) in [5.74, 6) is -1.04. The van der Waals surface area contributed by atoms with Crippen LogP contribution < -0.4 is 15.4 Å². The van der Waals surface area contributed by atoms with E-state index in [1.54, 1.807) is 24.3 Å². The van der Waals surface area contributed by atoms with E-state index >= 15 is 0 Å². The third kappa shape index (κ3) is 4.76. The Hall–Kier alpha value is -3.16. The number of thiophene rings is 1. The number of carbonyl (C=O) groups excluding carboxylic acids is 2. The van der Waals surface area contributed by atoms with Gasteiger partial charge in [0.25, 0.3) is 0 Å². The first-order valence-electron chi connectivity index (χ1n) is 8.62. The number of anilines is 1. The molecule has 0 bridgehead atoms. The lowest BCUT2D eigenvalue weighted by Crippen LogP contribution is -2.34. The Morgan fingerprint density at radius 2 is 1.71 bits per heavy atom. The Labute approximate surface area is 166 Å². The zero-order valence-electron chi connectivity index (χ0n) is 15.2. The number of ether oxygens (including phenoxy) is 1. The smallest absolute Gasteiger partial charge is 0.313 e. The van der Waals surface area contributed by atoms with Gasteiger partial charge in [0.1, 0.15) is 11.9 Å². The number of carbonyl (C=O) groups is 2. The highest BCUT2D eigenvalue weighted by Gasteiger charge is 2.17. The lowest BCUT2D eigenvalue weighted by Gasteiger charge is -2.10. The van der Waals surface area contributed by atoms with E-state index < -0.39 is 17.9 Å². The van der Waals surface area contributed by atoms with Crippen LogP contribution in [0.4, 0.5) is 5.69 Å². The highest BCUT2D eigenvalue weighted by molar-refractivity contribution is 7.12. The van der Waals surface area contributed by atoms with Crippen LogP contribution in [0.5, 0.6) is 5.75 Å². The van der Waals surface area contributed by atoms with Crippen molar-refractivity contribution in [2.75, 3.05) is 12.4 Å². The summed E-state index contributed by atoms with van der Waals surface area (Å²) < 4.78 is 5.15. The summed E-state index contributed by atoms with van der Waals surface area (Å²) in [6.07, 6.45) is -0.718. The largest absolute Gasteiger partial charge is 0.495 e. The van der Waals surface area contributed by atoms with Crippen LogP contribution in [0.15, 0.2) is 66.7 Å². The summed E-state index contributed by atoms with van der Waals surface area (Å²) in [4.78, 5) is 25.8. The second-order valence-electron chi connectivity index (χ2n) is 5.95. The summed E-state index contributed by atoms with van der Waals surface area (Å²) in [7, 11) is 1.49. The van der Waals surface area contributed by atoms with Crippen molar-refractivity contribution in [3.8, 4) is 5.75 Å². The molecule has 3 N–H and O–H groups in total. The standard InChI is InChI=1S/C21H20N2O4S/c1-27-17-10-6-5-9-16(17)23-21(26)20(25)22-13-15-11-12-18(28-15)19(24)14-7-3-2-4-8-14/h2-12,19,24H,13H2,1H3,(H,22,25)(H,23,26). The number of hydrogen-bond acceptors (Lipinski definition) is 5. The van der Waals surface area contributed by atoms with Crippen molar-refractivity contribution in [2.45, 2.75) is 12.6 Å². The molecule has 28 heavy (non-hydrogen) atoms. The zero-order valence-corrected chi connectivity index (χ0v) is 16.0. The number of aliphatic hydroxyl groups is 1. The third-order valence-corrected chi connectivity index (χ3v) is 5.19. The molecule has 6 nitrogen and oxygen atoms in total. The topological polar surface area (TPSA) is 87.7 Å². The molecule has 1 aromatic heterocycles. The Morgan fingerprint density at radius 1 is 1.00 bits per heavy atom. The van der Waals surface area contributed by atoms with E-state index in [0.717, 1.165) is 15.3 Å². The van der Waals surface area contributed by atoms with Crippen LogP contribution in [-0.2, 0) is 16.1 Å². The number of nitrogens with one attached hydrogen (secondary N) is 2. The average molecular weight is 396 g/mol. The minimum absolute atomic E-state index is 0.199. The fourth-order valence-corrected chi connectivity index (χ4v) is 3.58. The number of methoxy groups -OCH3 is 1. The first-order chi connectivity index (χ1) is 13.6. The molecule has 3 aromatic rings. The molecular weight excluding hydrogens is 376 g/mol. The molecule has 0 spiro atoms. The molecule has 2 amide bonds. The van der Waals surface area contributed by atoms with Crippen molar-refractivity contribution >= 4 is 28.8 Å². The van der Waals surface area contributed by atoms with Crippen LogP contribution >= 0.6 is 11.3 Å². The number of hydrogen-bond donors (Lipinski definition) is 3. The quantitative estimate of drug-likeness (QED) is 0.559. The van der Waals surface area contributed by atoms with Gasteiger partial charge in [-0.2, -0.15) is 0 Å². The van der Waals surface area contributed by atoms with Gasteiger partial charge in [-0.15, -0.1) is 11.3 Å². The van der Waals surface area contributed by atoms with Gasteiger partial charge < -0.3 is 20.5 Å². The molecule has 1 heterocycles. The highest BCUT2D eigenvalue weighted by Crippen LogP contribution is 2.28. The van der Waals surface area contributed by atoms with Crippen molar-refractivity contribution in [1.29, 1.82) is 0 Å². The molecule has 0 aliphatic heterocycles. The Kier molecular flexibility index (Phi) is 6.41. The summed E-state index contributed by atoms with van der Waals surface area (Å²) in [5, 5.41) is 15.5. The van der Waals surface area contributed by atoms with Crippen LogP contribution in [0.25, 0.3) is 0 Å². The molecule has 144 valence electrons. The molecule has 0 aliphatic carbocycles. The normalized spacial score (nSPS) is 11.5. The molecule has 0 saturated heterocycles. The molecule has 0 fully saturated rings. The summed E-state index contributed by atoms with van der Waals surface area (Å²) in [5.41, 5.74) is 1.23. The number of para-hydroxylation sites is 2. The van der Waals surface area contributed by atoms with Gasteiger partial charge >= 0.3 is 11.8 Å². The molecular formula is C21H20N2O4S. The van der Waals surface area contributed by atoms with E-state index in [-0.39, 0.29) is 6.54 Å². The van der Waals surface area contributed by atoms with Crippen molar-refractivity contribution in [3.05, 3.63) is 82.0 Å². The summed E-state index contributed by atoms with van der Waals surface area (Å²) in [6, 6.07) is 19.8. The maximum atomic E-state index is 12.1. The summed E-state index contributed by atoms with van der Waals surface area (Å²) in [6.45, 7) is 0.199. The van der Waals surface area contributed by atoms with Gasteiger partial charge in [-0.1, -0.05) is 42.5 Å². The van der Waals surface area contributed by atoms with Crippen LogP contribution in [0.3, 0.4) is 0 Å². The van der Waals surface area contributed by atoms with E-state index in [4.69, 9.17) is 4.74 Å². The number of benzene rings is 2. The van der Waals surface area contributed by atoms with Gasteiger partial charge in [0.15, 0.2) is 0 Å². The Morgan fingerprint density at radius 3 is 2.46 bits per heavy atom. The molecule has 1 atom stereocenters. The van der Waals surface area contributed by atoms with Crippen LogP contribution in [0.2, 0.25) is 0 Å². The molecule has 0 aliphatic rings. The van der Waals surface area contributed by atoms with Crippen molar-refractivity contribution in [3.63, 3.8) is 0 Å². The van der Waals surface area contributed by atoms with E-state index in [9.17, 15) is 14.7 Å². The van der Waals surface area contributed by atoms with E-state index in [1.165, 1.54) is 18.4 Å². The van der Waals surface area contributed by atoms with Gasteiger partial charge in [-0.05, 0) is 29.8 Å². The molecule has 2 aromatic carbocycles. The van der Waals surface area contributed by atoms with Crippen LogP contribution in [-0.4, -0.2) is 24.0 Å². The fourth-order valence-electron chi connectivity index (χ4n) is 2.61. The Balaban J connectivity index is 1.56. The third-order valence-electron chi connectivity index (χ3n) is 4.05. The number of rotatable bonds is 6. The van der Waals surface area contributed by atoms with Crippen molar-refractivity contribution in [2.24, 2.45) is 0 Å². The zero-order chi connectivity index (χ0) is 19.9. The predicted molar refractivity (Wildman–Crippen MR) is 108 cm³/mol. The van der Waals surface area contributed by atoms with Crippen molar-refractivity contribution < 1.29 is 19.4 Å². The lowest BCUT2D eigenvalue weighted by atomic mass is 10.1. The van der Waals surface area contributed by atoms with Gasteiger partial charge in [-0.3, -0.25) is 9.59 Å². The minimum atomic E-state index is -0.773. The maximum Gasteiger partial charge on any atom is 0.313 e. The molecule has 7 heteroatoms. The first-order valence-corrected chi connectivity index (χ1v) is 9.44. The second-order valence-corrected chi connectivity index (χ2v) is 7.15. The predicted octanol–water partition coefficient (Wildman–Crippen LogP) is 3.09. The Bertz CT molecular complexity index is 956. The van der Waals surface area contributed by atoms with E-state index in [2.05, 4.69) is 10.6 Å². The van der Waals surface area contributed by atoms with Crippen LogP contribution in [0.1, 0.15) is 21.4 Å². The lowest BCUT2D eigenvalue weighted by molar-refractivity contribution is -0.136.